The molecule has 0 aliphatic carbocycles. The quantitative estimate of drug-likeness (QED) is 0.688. The number of hydrogen-bond donors (Lipinski definition) is 3. The van der Waals surface area contributed by atoms with E-state index in [1.165, 1.54) is 12.1 Å². The summed E-state index contributed by atoms with van der Waals surface area (Å²) in [5.41, 5.74) is 4.19. The Bertz CT molecular complexity index is 902. The van der Waals surface area contributed by atoms with Gasteiger partial charge >= 0.3 is 0 Å². The summed E-state index contributed by atoms with van der Waals surface area (Å²) in [6, 6.07) is 9.82. The molecule has 1 atom stereocenters. The predicted molar refractivity (Wildman–Crippen MR) is 92.4 cm³/mol. The van der Waals surface area contributed by atoms with Crippen molar-refractivity contribution in [2.75, 3.05) is 6.61 Å². The number of benzene rings is 2. The first-order chi connectivity index (χ1) is 11.5. The number of fused-ring (bicyclic) bond motifs is 1. The van der Waals surface area contributed by atoms with Crippen molar-refractivity contribution < 1.29 is 14.3 Å². The summed E-state index contributed by atoms with van der Waals surface area (Å²) in [6.45, 7) is 3.57. The molecule has 0 bridgehead atoms. The highest BCUT2D eigenvalue weighted by Gasteiger charge is 2.13. The number of aliphatic hydroxyl groups is 1. The van der Waals surface area contributed by atoms with Crippen molar-refractivity contribution >= 4 is 16.8 Å². The van der Waals surface area contributed by atoms with Crippen LogP contribution in [0.5, 0.6) is 0 Å². The molecule has 0 fully saturated rings. The number of nitrogens with one attached hydrogen (secondary N) is 2. The number of carbonyl (C=O) groups excluding carboxylic acids is 1. The van der Waals surface area contributed by atoms with Crippen LogP contribution in [0.1, 0.15) is 22.8 Å². The zero-order chi connectivity index (χ0) is 17.3. The van der Waals surface area contributed by atoms with Crippen LogP contribution in [-0.2, 0) is 0 Å². The van der Waals surface area contributed by atoms with E-state index in [0.29, 0.717) is 5.56 Å². The SMILES string of the molecule is Cc1cc(C(=O)N[C@@H](C)CO)ccc1-c1c[nH]c2cc(F)ccc12. The smallest absolute Gasteiger partial charge is 0.251 e. The molecule has 4 nitrogen and oxygen atoms in total. The van der Waals surface area contributed by atoms with Gasteiger partial charge in [0.25, 0.3) is 5.91 Å². The summed E-state index contributed by atoms with van der Waals surface area (Å²) in [5.74, 6) is -0.496. The van der Waals surface area contributed by atoms with Crippen molar-refractivity contribution in [3.05, 3.63) is 59.5 Å². The number of aromatic nitrogens is 1. The van der Waals surface area contributed by atoms with E-state index in [1.807, 2.05) is 25.3 Å². The first-order valence-electron chi connectivity index (χ1n) is 7.79. The van der Waals surface area contributed by atoms with Gasteiger partial charge in [-0.1, -0.05) is 6.07 Å². The van der Waals surface area contributed by atoms with Crippen LogP contribution < -0.4 is 5.32 Å². The molecule has 0 spiro atoms. The highest BCUT2D eigenvalue weighted by Crippen LogP contribution is 2.31. The number of carbonyl (C=O) groups is 1. The average Bonchev–Trinajstić information content (AvgIpc) is 2.97. The lowest BCUT2D eigenvalue weighted by molar-refractivity contribution is 0.0922. The molecule has 0 unspecified atom stereocenters. The zero-order valence-corrected chi connectivity index (χ0v) is 13.6. The lowest BCUT2D eigenvalue weighted by Gasteiger charge is -2.12. The summed E-state index contributed by atoms with van der Waals surface area (Å²) in [7, 11) is 0. The topological polar surface area (TPSA) is 65.1 Å². The maximum atomic E-state index is 13.3. The molecule has 24 heavy (non-hydrogen) atoms. The van der Waals surface area contributed by atoms with Crippen molar-refractivity contribution in [3.8, 4) is 11.1 Å². The summed E-state index contributed by atoms with van der Waals surface area (Å²) >= 11 is 0. The van der Waals surface area contributed by atoms with Gasteiger partial charge in [0, 0.05) is 34.3 Å². The summed E-state index contributed by atoms with van der Waals surface area (Å²) in [6.07, 6.45) is 1.85. The Hall–Kier alpha value is -2.66. The molecule has 1 aromatic heterocycles. The van der Waals surface area contributed by atoms with Gasteiger partial charge in [0.05, 0.1) is 6.61 Å². The monoisotopic (exact) mass is 326 g/mol. The summed E-state index contributed by atoms with van der Waals surface area (Å²) in [4.78, 5) is 15.2. The highest BCUT2D eigenvalue weighted by atomic mass is 19.1. The number of halogens is 1. The Morgan fingerprint density at radius 3 is 2.75 bits per heavy atom. The molecule has 0 aliphatic rings. The number of amides is 1. The van der Waals surface area contributed by atoms with Crippen LogP contribution in [0.3, 0.4) is 0 Å². The van der Waals surface area contributed by atoms with E-state index in [0.717, 1.165) is 27.6 Å². The molecule has 2 aromatic carbocycles. The number of aliphatic hydroxyl groups excluding tert-OH is 1. The third kappa shape index (κ3) is 3.03. The number of aryl methyl sites for hydroxylation is 1. The minimum atomic E-state index is -0.291. The maximum Gasteiger partial charge on any atom is 0.251 e. The van der Waals surface area contributed by atoms with Gasteiger partial charge in [-0.3, -0.25) is 4.79 Å². The number of hydrogen-bond acceptors (Lipinski definition) is 2. The molecule has 1 amide bonds. The molecule has 0 aliphatic heterocycles. The van der Waals surface area contributed by atoms with Crippen LogP contribution >= 0.6 is 0 Å². The van der Waals surface area contributed by atoms with Gasteiger partial charge < -0.3 is 15.4 Å². The van der Waals surface area contributed by atoms with E-state index in [-0.39, 0.29) is 24.4 Å². The van der Waals surface area contributed by atoms with Crippen LogP contribution in [0.15, 0.2) is 42.6 Å². The Morgan fingerprint density at radius 2 is 2.04 bits per heavy atom. The van der Waals surface area contributed by atoms with Crippen molar-refractivity contribution in [1.82, 2.24) is 10.3 Å². The molecule has 0 saturated carbocycles. The molecule has 124 valence electrons. The van der Waals surface area contributed by atoms with E-state index in [1.54, 1.807) is 19.1 Å². The van der Waals surface area contributed by atoms with Crippen LogP contribution in [0.2, 0.25) is 0 Å². The number of rotatable bonds is 4. The first kappa shape index (κ1) is 16.2. The molecule has 3 rings (SSSR count). The van der Waals surface area contributed by atoms with E-state index in [2.05, 4.69) is 10.3 Å². The fourth-order valence-corrected chi connectivity index (χ4v) is 2.78. The molecule has 5 heteroatoms. The number of H-pyrrole nitrogens is 1. The molecule has 3 N–H and O–H groups in total. The molecular formula is C19H19FN2O2. The van der Waals surface area contributed by atoms with Gasteiger partial charge in [0.1, 0.15) is 5.82 Å². The molecule has 3 aromatic rings. The van der Waals surface area contributed by atoms with E-state index in [4.69, 9.17) is 5.11 Å². The van der Waals surface area contributed by atoms with Crippen molar-refractivity contribution in [2.24, 2.45) is 0 Å². The lowest BCUT2D eigenvalue weighted by Crippen LogP contribution is -2.34. The van der Waals surface area contributed by atoms with E-state index < -0.39 is 0 Å². The summed E-state index contributed by atoms with van der Waals surface area (Å²) < 4.78 is 13.3. The minimum absolute atomic E-state index is 0.102. The van der Waals surface area contributed by atoms with E-state index in [9.17, 15) is 9.18 Å². The predicted octanol–water partition coefficient (Wildman–Crippen LogP) is 3.39. The molecule has 0 saturated heterocycles. The lowest BCUT2D eigenvalue weighted by atomic mass is 9.97. The second-order valence-corrected chi connectivity index (χ2v) is 5.98. The average molecular weight is 326 g/mol. The second-order valence-electron chi connectivity index (χ2n) is 5.98. The Balaban J connectivity index is 1.96. The fraction of sp³-hybridized carbons (Fsp3) is 0.211. The van der Waals surface area contributed by atoms with Gasteiger partial charge in [-0.15, -0.1) is 0 Å². The second kappa shape index (κ2) is 6.45. The van der Waals surface area contributed by atoms with Crippen molar-refractivity contribution in [3.63, 3.8) is 0 Å². The van der Waals surface area contributed by atoms with Gasteiger partial charge in [0.2, 0.25) is 0 Å². The largest absolute Gasteiger partial charge is 0.394 e. The van der Waals surface area contributed by atoms with Crippen LogP contribution in [0.4, 0.5) is 4.39 Å². The summed E-state index contributed by atoms with van der Waals surface area (Å²) in [5, 5.41) is 12.7. The normalized spacial score (nSPS) is 12.3. The van der Waals surface area contributed by atoms with Crippen LogP contribution in [0.25, 0.3) is 22.0 Å². The molecule has 1 heterocycles. The standard InChI is InChI=1S/C19H19FN2O2/c1-11-7-13(19(24)22-12(2)10-23)3-5-15(11)17-9-21-18-8-14(20)4-6-16(17)18/h3-9,12,21,23H,10H2,1-2H3,(H,22,24)/t12-/m0/s1. The fourth-order valence-electron chi connectivity index (χ4n) is 2.78. The van der Waals surface area contributed by atoms with Crippen molar-refractivity contribution in [1.29, 1.82) is 0 Å². The third-order valence-electron chi connectivity index (χ3n) is 4.07. The zero-order valence-electron chi connectivity index (χ0n) is 13.6. The minimum Gasteiger partial charge on any atom is -0.394 e. The Kier molecular flexibility index (Phi) is 4.36. The Morgan fingerprint density at radius 1 is 1.25 bits per heavy atom. The van der Waals surface area contributed by atoms with Crippen molar-refractivity contribution in [2.45, 2.75) is 19.9 Å². The van der Waals surface area contributed by atoms with Gasteiger partial charge in [-0.2, -0.15) is 0 Å². The maximum absolute atomic E-state index is 13.3. The highest BCUT2D eigenvalue weighted by molar-refractivity contribution is 5.98. The van der Waals surface area contributed by atoms with Gasteiger partial charge in [0.15, 0.2) is 0 Å². The molecular weight excluding hydrogens is 307 g/mol. The number of aromatic amines is 1. The van der Waals surface area contributed by atoms with Crippen LogP contribution in [0, 0.1) is 12.7 Å². The van der Waals surface area contributed by atoms with Gasteiger partial charge in [-0.25, -0.2) is 4.39 Å². The van der Waals surface area contributed by atoms with Crippen LogP contribution in [-0.4, -0.2) is 28.6 Å². The van der Waals surface area contributed by atoms with E-state index >= 15 is 0 Å². The van der Waals surface area contributed by atoms with Gasteiger partial charge in [-0.05, 0) is 55.3 Å². The Labute approximate surface area is 139 Å². The third-order valence-corrected chi connectivity index (χ3v) is 4.07. The molecule has 0 radical (unpaired) electrons. The first-order valence-corrected chi connectivity index (χ1v) is 7.79.